The maximum atomic E-state index is 11.9. The average molecular weight is 273 g/mol. The lowest BCUT2D eigenvalue weighted by Crippen LogP contribution is -2.44. The van der Waals surface area contributed by atoms with Crippen molar-refractivity contribution in [1.29, 1.82) is 0 Å². The molecule has 20 heavy (non-hydrogen) atoms. The molecule has 0 aliphatic heterocycles. The van der Waals surface area contributed by atoms with Crippen molar-refractivity contribution in [3.63, 3.8) is 0 Å². The highest BCUT2D eigenvalue weighted by atomic mass is 16.2. The Kier molecular flexibility index (Phi) is 5.30. The molecule has 6 nitrogen and oxygen atoms in total. The normalized spacial score (nSPS) is 11.0. The van der Waals surface area contributed by atoms with E-state index >= 15 is 0 Å². The van der Waals surface area contributed by atoms with Gasteiger partial charge in [0.2, 0.25) is 11.8 Å². The molecule has 1 aromatic carbocycles. The largest absolute Gasteiger partial charge is 0.368 e. The number of amides is 3. The number of carbonyl (C=O) groups excluding carboxylic acids is 3. The van der Waals surface area contributed by atoms with Crippen molar-refractivity contribution in [3.8, 4) is 12.3 Å². The van der Waals surface area contributed by atoms with Gasteiger partial charge in [-0.3, -0.25) is 14.4 Å². The van der Waals surface area contributed by atoms with E-state index in [2.05, 4.69) is 16.6 Å². The minimum absolute atomic E-state index is 0.0328. The molecular formula is C14H15N3O3. The van der Waals surface area contributed by atoms with Gasteiger partial charge in [-0.15, -0.1) is 12.3 Å². The molecule has 0 radical (unpaired) electrons. The SMILES string of the molecule is C#CC[C@H](NC(=O)c1ccc(NC(C)=O)cc1)C(N)=O. The van der Waals surface area contributed by atoms with Crippen LogP contribution in [0.4, 0.5) is 5.69 Å². The van der Waals surface area contributed by atoms with E-state index in [9.17, 15) is 14.4 Å². The highest BCUT2D eigenvalue weighted by molar-refractivity contribution is 5.98. The van der Waals surface area contributed by atoms with Crippen LogP contribution in [0.25, 0.3) is 0 Å². The molecule has 0 saturated carbocycles. The van der Waals surface area contributed by atoms with Crippen LogP contribution in [-0.4, -0.2) is 23.8 Å². The fourth-order valence-electron chi connectivity index (χ4n) is 1.49. The number of terminal acetylenes is 1. The average Bonchev–Trinajstić information content (AvgIpc) is 2.38. The minimum Gasteiger partial charge on any atom is -0.368 e. The van der Waals surface area contributed by atoms with Crippen LogP contribution in [0.5, 0.6) is 0 Å². The fourth-order valence-corrected chi connectivity index (χ4v) is 1.49. The molecule has 0 heterocycles. The molecular weight excluding hydrogens is 258 g/mol. The van der Waals surface area contributed by atoms with E-state index in [1.54, 1.807) is 12.1 Å². The van der Waals surface area contributed by atoms with E-state index in [1.807, 2.05) is 0 Å². The van der Waals surface area contributed by atoms with Gasteiger partial charge >= 0.3 is 0 Å². The lowest BCUT2D eigenvalue weighted by atomic mass is 10.1. The van der Waals surface area contributed by atoms with Crippen LogP contribution in [0.3, 0.4) is 0 Å². The molecule has 0 aliphatic carbocycles. The predicted octanol–water partition coefficient (Wildman–Crippen LogP) is 0.252. The first-order chi connectivity index (χ1) is 9.43. The van der Waals surface area contributed by atoms with Gasteiger partial charge in [-0.25, -0.2) is 0 Å². The lowest BCUT2D eigenvalue weighted by molar-refractivity contribution is -0.119. The molecule has 6 heteroatoms. The van der Waals surface area contributed by atoms with Crippen molar-refractivity contribution in [1.82, 2.24) is 5.32 Å². The third kappa shape index (κ3) is 4.46. The van der Waals surface area contributed by atoms with Gasteiger partial charge in [0.1, 0.15) is 6.04 Å². The molecule has 1 rings (SSSR count). The van der Waals surface area contributed by atoms with Crippen LogP contribution in [0.2, 0.25) is 0 Å². The highest BCUT2D eigenvalue weighted by Crippen LogP contribution is 2.09. The molecule has 0 fully saturated rings. The Balaban J connectivity index is 2.75. The van der Waals surface area contributed by atoms with Gasteiger partial charge in [0.15, 0.2) is 0 Å². The van der Waals surface area contributed by atoms with Crippen molar-refractivity contribution in [3.05, 3.63) is 29.8 Å². The smallest absolute Gasteiger partial charge is 0.251 e. The van der Waals surface area contributed by atoms with Crippen LogP contribution in [0.1, 0.15) is 23.7 Å². The summed E-state index contributed by atoms with van der Waals surface area (Å²) < 4.78 is 0. The first-order valence-corrected chi connectivity index (χ1v) is 5.85. The number of nitrogens with two attached hydrogens (primary N) is 1. The van der Waals surface area contributed by atoms with Crippen molar-refractivity contribution in [2.45, 2.75) is 19.4 Å². The van der Waals surface area contributed by atoms with E-state index in [4.69, 9.17) is 12.2 Å². The molecule has 3 amide bonds. The summed E-state index contributed by atoms with van der Waals surface area (Å²) in [6.45, 7) is 1.39. The van der Waals surface area contributed by atoms with Crippen molar-refractivity contribution in [2.75, 3.05) is 5.32 Å². The van der Waals surface area contributed by atoms with Gasteiger partial charge in [-0.05, 0) is 24.3 Å². The molecule has 0 saturated heterocycles. The van der Waals surface area contributed by atoms with Gasteiger partial charge < -0.3 is 16.4 Å². The number of rotatable bonds is 5. The van der Waals surface area contributed by atoms with Crippen molar-refractivity contribution >= 4 is 23.4 Å². The fraction of sp³-hybridized carbons (Fsp3) is 0.214. The predicted molar refractivity (Wildman–Crippen MR) is 74.6 cm³/mol. The summed E-state index contributed by atoms with van der Waals surface area (Å²) >= 11 is 0. The standard InChI is InChI=1S/C14H15N3O3/c1-3-4-12(13(15)19)17-14(20)10-5-7-11(8-6-10)16-9(2)18/h1,5-8,12H,4H2,2H3,(H2,15,19)(H,16,18)(H,17,20)/t12-/m0/s1. The summed E-state index contributed by atoms with van der Waals surface area (Å²) in [5.41, 5.74) is 6.04. The van der Waals surface area contributed by atoms with Crippen LogP contribution in [0.15, 0.2) is 24.3 Å². The Bertz CT molecular complexity index is 558. The molecule has 1 aromatic rings. The van der Waals surface area contributed by atoms with E-state index in [1.165, 1.54) is 19.1 Å². The minimum atomic E-state index is -0.900. The molecule has 0 aromatic heterocycles. The molecule has 0 bridgehead atoms. The molecule has 1 atom stereocenters. The van der Waals surface area contributed by atoms with Crippen LogP contribution in [-0.2, 0) is 9.59 Å². The number of hydrogen-bond donors (Lipinski definition) is 3. The maximum absolute atomic E-state index is 11.9. The first-order valence-electron chi connectivity index (χ1n) is 5.85. The van der Waals surface area contributed by atoms with E-state index in [0.717, 1.165) is 0 Å². The molecule has 0 spiro atoms. The summed E-state index contributed by atoms with van der Waals surface area (Å²) in [5, 5.41) is 5.03. The number of primary amides is 1. The Morgan fingerprint density at radius 1 is 1.30 bits per heavy atom. The quantitative estimate of drug-likeness (QED) is 0.670. The summed E-state index contributed by atoms with van der Waals surface area (Å²) in [6.07, 6.45) is 5.13. The molecule has 4 N–H and O–H groups in total. The number of hydrogen-bond acceptors (Lipinski definition) is 3. The number of benzene rings is 1. The zero-order chi connectivity index (χ0) is 15.1. The second kappa shape index (κ2) is 6.95. The Hall–Kier alpha value is -2.81. The number of anilines is 1. The van der Waals surface area contributed by atoms with Gasteiger partial charge in [-0.1, -0.05) is 0 Å². The first kappa shape index (κ1) is 15.2. The third-order valence-corrected chi connectivity index (χ3v) is 2.44. The zero-order valence-corrected chi connectivity index (χ0v) is 11.0. The third-order valence-electron chi connectivity index (χ3n) is 2.44. The topological polar surface area (TPSA) is 101 Å². The van der Waals surface area contributed by atoms with E-state index in [0.29, 0.717) is 11.3 Å². The molecule has 0 unspecified atom stereocenters. The van der Waals surface area contributed by atoms with Crippen LogP contribution >= 0.6 is 0 Å². The Labute approximate surface area is 116 Å². The van der Waals surface area contributed by atoms with Crippen molar-refractivity contribution < 1.29 is 14.4 Å². The number of nitrogens with one attached hydrogen (secondary N) is 2. The van der Waals surface area contributed by atoms with Gasteiger partial charge in [-0.2, -0.15) is 0 Å². The van der Waals surface area contributed by atoms with Gasteiger partial charge in [0.05, 0.1) is 0 Å². The summed E-state index contributed by atoms with van der Waals surface area (Å²) in [6, 6.07) is 5.30. The summed E-state index contributed by atoms with van der Waals surface area (Å²) in [4.78, 5) is 33.9. The van der Waals surface area contributed by atoms with Gasteiger partial charge in [0.25, 0.3) is 5.91 Å². The van der Waals surface area contributed by atoms with Gasteiger partial charge in [0, 0.05) is 24.6 Å². The summed E-state index contributed by atoms with van der Waals surface area (Å²) in [7, 11) is 0. The zero-order valence-electron chi connectivity index (χ0n) is 11.0. The lowest BCUT2D eigenvalue weighted by Gasteiger charge is -2.13. The second-order valence-corrected chi connectivity index (χ2v) is 4.10. The highest BCUT2D eigenvalue weighted by Gasteiger charge is 2.17. The van der Waals surface area contributed by atoms with Crippen molar-refractivity contribution in [2.24, 2.45) is 5.73 Å². The van der Waals surface area contributed by atoms with Crippen LogP contribution < -0.4 is 16.4 Å². The monoisotopic (exact) mass is 273 g/mol. The maximum Gasteiger partial charge on any atom is 0.251 e. The van der Waals surface area contributed by atoms with Crippen LogP contribution in [0, 0.1) is 12.3 Å². The van der Waals surface area contributed by atoms with E-state index in [-0.39, 0.29) is 12.3 Å². The Morgan fingerprint density at radius 3 is 2.35 bits per heavy atom. The van der Waals surface area contributed by atoms with E-state index < -0.39 is 17.9 Å². The molecule has 104 valence electrons. The number of carbonyl (C=O) groups is 3. The second-order valence-electron chi connectivity index (χ2n) is 4.10. The molecule has 0 aliphatic rings. The summed E-state index contributed by atoms with van der Waals surface area (Å²) in [5.74, 6) is 0.921. The Morgan fingerprint density at radius 2 is 1.90 bits per heavy atom.